The normalized spacial score (nSPS) is 9.53. The Hall–Kier alpha value is -1.31. The third-order valence-corrected chi connectivity index (χ3v) is 3.06. The summed E-state index contributed by atoms with van der Waals surface area (Å²) in [5.41, 5.74) is 2.08. The second-order valence-electron chi connectivity index (χ2n) is 4.29. The Bertz CT molecular complexity index is 343. The number of unbranched alkanes of at least 4 members (excludes halogenated alkanes) is 1. The quantitative estimate of drug-likeness (QED) is 0.738. The molecule has 0 fully saturated rings. The van der Waals surface area contributed by atoms with Gasteiger partial charge in [-0.2, -0.15) is 0 Å². The summed E-state index contributed by atoms with van der Waals surface area (Å²) < 4.78 is 0. The number of rotatable bonds is 6. The smallest absolute Gasteiger partial charge is 0.253 e. The average molecular weight is 263 g/mol. The van der Waals surface area contributed by atoms with Crippen molar-refractivity contribution in [3.05, 3.63) is 35.4 Å². The molecular weight excluding hydrogens is 234 g/mol. The van der Waals surface area contributed by atoms with Crippen LogP contribution in [0.1, 0.15) is 63.4 Å². The highest BCUT2D eigenvalue weighted by Crippen LogP contribution is 2.09. The van der Waals surface area contributed by atoms with Crippen molar-refractivity contribution >= 4 is 5.91 Å². The van der Waals surface area contributed by atoms with Crippen molar-refractivity contribution in [2.45, 2.75) is 53.9 Å². The molecule has 0 aliphatic carbocycles. The second-order valence-corrected chi connectivity index (χ2v) is 4.29. The van der Waals surface area contributed by atoms with Crippen molar-refractivity contribution in [2.75, 3.05) is 13.1 Å². The van der Waals surface area contributed by atoms with Crippen LogP contribution in [0.15, 0.2) is 24.3 Å². The highest BCUT2D eigenvalue weighted by molar-refractivity contribution is 5.94. The first kappa shape index (κ1) is 17.7. The summed E-state index contributed by atoms with van der Waals surface area (Å²) in [6, 6.07) is 7.97. The molecule has 0 aliphatic rings. The van der Waals surface area contributed by atoms with Gasteiger partial charge in [0, 0.05) is 18.7 Å². The molecule has 108 valence electrons. The summed E-state index contributed by atoms with van der Waals surface area (Å²) in [4.78, 5) is 14.1. The number of nitrogens with zero attached hydrogens (tertiary/aromatic N) is 1. The van der Waals surface area contributed by atoms with Gasteiger partial charge in [0.25, 0.3) is 5.91 Å². The molecule has 2 heteroatoms. The van der Waals surface area contributed by atoms with Crippen LogP contribution in [0.4, 0.5) is 0 Å². The van der Waals surface area contributed by atoms with Crippen LogP contribution in [0.3, 0.4) is 0 Å². The number of aryl methyl sites for hydroxylation is 1. The molecule has 2 nitrogen and oxygen atoms in total. The van der Waals surface area contributed by atoms with Gasteiger partial charge in [0.05, 0.1) is 0 Å². The molecule has 0 bridgehead atoms. The van der Waals surface area contributed by atoms with Crippen LogP contribution in [-0.4, -0.2) is 23.9 Å². The van der Waals surface area contributed by atoms with Crippen LogP contribution < -0.4 is 0 Å². The molecule has 19 heavy (non-hydrogen) atoms. The van der Waals surface area contributed by atoms with Crippen LogP contribution in [0.2, 0.25) is 0 Å². The molecule has 0 spiro atoms. The lowest BCUT2D eigenvalue weighted by molar-refractivity contribution is 0.0762. The van der Waals surface area contributed by atoms with Gasteiger partial charge in [-0.25, -0.2) is 0 Å². The van der Waals surface area contributed by atoms with Crippen LogP contribution in [0, 0.1) is 0 Å². The molecule has 1 rings (SSSR count). The fourth-order valence-electron chi connectivity index (χ4n) is 1.82. The molecule has 1 amide bonds. The summed E-state index contributed by atoms with van der Waals surface area (Å²) in [6.07, 6.45) is 3.22. The Morgan fingerprint density at radius 3 is 2.05 bits per heavy atom. The van der Waals surface area contributed by atoms with Crippen molar-refractivity contribution in [3.63, 3.8) is 0 Å². The van der Waals surface area contributed by atoms with Crippen LogP contribution in [0.25, 0.3) is 0 Å². The number of amides is 1. The fourth-order valence-corrected chi connectivity index (χ4v) is 1.82. The molecular formula is C17H29NO. The summed E-state index contributed by atoms with van der Waals surface area (Å²) >= 11 is 0. The SMILES string of the molecule is CC.CCCCN(CC)C(=O)c1ccc(CC)cc1. The van der Waals surface area contributed by atoms with Crippen molar-refractivity contribution in [1.82, 2.24) is 4.90 Å². The molecule has 0 heterocycles. The van der Waals surface area contributed by atoms with Crippen molar-refractivity contribution in [1.29, 1.82) is 0 Å². The van der Waals surface area contributed by atoms with E-state index in [9.17, 15) is 4.79 Å². The first-order chi connectivity index (χ1) is 9.22. The van der Waals surface area contributed by atoms with E-state index in [1.54, 1.807) is 0 Å². The monoisotopic (exact) mass is 263 g/mol. The maximum absolute atomic E-state index is 12.2. The zero-order valence-corrected chi connectivity index (χ0v) is 13.2. The molecule has 0 atom stereocenters. The van der Waals surface area contributed by atoms with Gasteiger partial charge in [-0.05, 0) is 37.5 Å². The Morgan fingerprint density at radius 2 is 1.63 bits per heavy atom. The summed E-state index contributed by atoms with van der Waals surface area (Å²) in [5.74, 6) is 0.156. The molecule has 0 aliphatic heterocycles. The van der Waals surface area contributed by atoms with Gasteiger partial charge in [0.2, 0.25) is 0 Å². The van der Waals surface area contributed by atoms with Gasteiger partial charge in [0.15, 0.2) is 0 Å². The number of carbonyl (C=O) groups is 1. The first-order valence-electron chi connectivity index (χ1n) is 7.61. The third kappa shape index (κ3) is 5.91. The van der Waals surface area contributed by atoms with E-state index in [4.69, 9.17) is 0 Å². The highest BCUT2D eigenvalue weighted by atomic mass is 16.2. The Balaban J connectivity index is 0.00000154. The number of hydrogen-bond acceptors (Lipinski definition) is 1. The molecule has 0 saturated carbocycles. The lowest BCUT2D eigenvalue weighted by atomic mass is 10.1. The van der Waals surface area contributed by atoms with E-state index in [0.29, 0.717) is 0 Å². The largest absolute Gasteiger partial charge is 0.339 e. The third-order valence-electron chi connectivity index (χ3n) is 3.06. The van der Waals surface area contributed by atoms with E-state index in [-0.39, 0.29) is 5.91 Å². The predicted molar refractivity (Wildman–Crippen MR) is 83.7 cm³/mol. The predicted octanol–water partition coefficient (Wildman–Crippen LogP) is 4.54. The molecule has 0 saturated heterocycles. The Labute approximate surface area is 118 Å². The Morgan fingerprint density at radius 1 is 1.05 bits per heavy atom. The van der Waals surface area contributed by atoms with Crippen molar-refractivity contribution in [3.8, 4) is 0 Å². The van der Waals surface area contributed by atoms with Crippen LogP contribution in [-0.2, 0) is 6.42 Å². The molecule has 0 unspecified atom stereocenters. The van der Waals surface area contributed by atoms with Crippen molar-refractivity contribution < 1.29 is 4.79 Å². The van der Waals surface area contributed by atoms with Gasteiger partial charge in [0.1, 0.15) is 0 Å². The molecule has 1 aromatic rings. The number of hydrogen-bond donors (Lipinski definition) is 0. The second kappa shape index (κ2) is 10.6. The summed E-state index contributed by atoms with van der Waals surface area (Å²) in [5, 5.41) is 0. The summed E-state index contributed by atoms with van der Waals surface area (Å²) in [7, 11) is 0. The maximum Gasteiger partial charge on any atom is 0.253 e. The van der Waals surface area contributed by atoms with E-state index in [1.165, 1.54) is 5.56 Å². The van der Waals surface area contributed by atoms with Gasteiger partial charge in [-0.3, -0.25) is 4.79 Å². The number of carbonyl (C=O) groups excluding carboxylic acids is 1. The zero-order valence-electron chi connectivity index (χ0n) is 13.2. The first-order valence-corrected chi connectivity index (χ1v) is 7.61. The van der Waals surface area contributed by atoms with E-state index in [2.05, 4.69) is 13.8 Å². The average Bonchev–Trinajstić information content (AvgIpc) is 2.50. The standard InChI is InChI=1S/C15H23NO.C2H6/c1-4-7-12-16(6-3)15(17)14-10-8-13(5-2)9-11-14;1-2/h8-11H,4-7,12H2,1-3H3;1-2H3. The van der Waals surface area contributed by atoms with Gasteiger partial charge < -0.3 is 4.90 Å². The highest BCUT2D eigenvalue weighted by Gasteiger charge is 2.12. The van der Waals surface area contributed by atoms with E-state index in [0.717, 1.165) is 37.9 Å². The molecule has 1 aromatic carbocycles. The minimum absolute atomic E-state index is 0.156. The van der Waals surface area contributed by atoms with E-state index >= 15 is 0 Å². The zero-order chi connectivity index (χ0) is 14.7. The van der Waals surface area contributed by atoms with Crippen LogP contribution in [0.5, 0.6) is 0 Å². The van der Waals surface area contributed by atoms with Crippen LogP contribution >= 0.6 is 0 Å². The summed E-state index contributed by atoms with van der Waals surface area (Å²) in [6.45, 7) is 12.0. The minimum atomic E-state index is 0.156. The lowest BCUT2D eigenvalue weighted by Gasteiger charge is -2.20. The maximum atomic E-state index is 12.2. The molecule has 0 radical (unpaired) electrons. The minimum Gasteiger partial charge on any atom is -0.339 e. The van der Waals surface area contributed by atoms with Crippen molar-refractivity contribution in [2.24, 2.45) is 0 Å². The van der Waals surface area contributed by atoms with E-state index in [1.807, 2.05) is 49.9 Å². The Kier molecular flexibility index (Phi) is 9.87. The van der Waals surface area contributed by atoms with Gasteiger partial charge in [-0.1, -0.05) is 46.2 Å². The molecule has 0 aromatic heterocycles. The number of benzene rings is 1. The fraction of sp³-hybridized carbons (Fsp3) is 0.588. The van der Waals surface area contributed by atoms with Gasteiger partial charge in [-0.15, -0.1) is 0 Å². The lowest BCUT2D eigenvalue weighted by Crippen LogP contribution is -2.31. The molecule has 0 N–H and O–H groups in total. The van der Waals surface area contributed by atoms with E-state index < -0.39 is 0 Å². The topological polar surface area (TPSA) is 20.3 Å². The van der Waals surface area contributed by atoms with Gasteiger partial charge >= 0.3 is 0 Å².